The first kappa shape index (κ1) is 9.57. The van der Waals surface area contributed by atoms with E-state index in [2.05, 4.69) is 18.7 Å². The van der Waals surface area contributed by atoms with E-state index in [0.29, 0.717) is 0 Å². The molecule has 0 aromatic rings. The molecule has 14 heavy (non-hydrogen) atoms. The summed E-state index contributed by atoms with van der Waals surface area (Å²) < 4.78 is 0. The lowest BCUT2D eigenvalue weighted by Gasteiger charge is -2.34. The molecule has 1 saturated heterocycles. The van der Waals surface area contributed by atoms with Crippen LogP contribution in [0.3, 0.4) is 0 Å². The van der Waals surface area contributed by atoms with Crippen LogP contribution < -0.4 is 0 Å². The molecule has 5 unspecified atom stereocenters. The standard InChI is InChI=1S/C13H22S/c1-9-6-7-13-11(8-9)10-4-2-3-5-12(10)14-13/h9-13H,2-8H2,1H3. The Morgan fingerprint density at radius 2 is 1.64 bits per heavy atom. The van der Waals surface area contributed by atoms with Crippen molar-refractivity contribution in [1.82, 2.24) is 0 Å². The molecule has 0 aromatic carbocycles. The third-order valence-corrected chi connectivity index (χ3v) is 6.62. The maximum atomic E-state index is 2.47. The molecule has 0 nitrogen and oxygen atoms in total. The molecule has 2 saturated carbocycles. The first-order chi connectivity index (χ1) is 6.84. The second-order valence-electron chi connectivity index (χ2n) is 5.74. The molecule has 3 rings (SSSR count). The fraction of sp³-hybridized carbons (Fsp3) is 1.00. The van der Waals surface area contributed by atoms with Crippen LogP contribution in [0.15, 0.2) is 0 Å². The molecule has 1 heterocycles. The molecule has 80 valence electrons. The number of rotatable bonds is 0. The van der Waals surface area contributed by atoms with E-state index >= 15 is 0 Å². The van der Waals surface area contributed by atoms with Crippen molar-refractivity contribution < 1.29 is 0 Å². The monoisotopic (exact) mass is 210 g/mol. The Bertz CT molecular complexity index is 213. The second-order valence-corrected chi connectivity index (χ2v) is 7.23. The summed E-state index contributed by atoms with van der Waals surface area (Å²) in [7, 11) is 0. The number of thioether (sulfide) groups is 1. The Morgan fingerprint density at radius 1 is 0.857 bits per heavy atom. The minimum atomic E-state index is 1.03. The lowest BCUT2D eigenvalue weighted by molar-refractivity contribution is 0.197. The van der Waals surface area contributed by atoms with Gasteiger partial charge < -0.3 is 0 Å². The van der Waals surface area contributed by atoms with Crippen molar-refractivity contribution in [2.45, 2.75) is 62.4 Å². The van der Waals surface area contributed by atoms with Crippen molar-refractivity contribution >= 4 is 11.8 Å². The lowest BCUT2D eigenvalue weighted by Crippen LogP contribution is -2.29. The fourth-order valence-electron chi connectivity index (χ4n) is 4.03. The predicted molar refractivity (Wildman–Crippen MR) is 63.6 cm³/mol. The van der Waals surface area contributed by atoms with Gasteiger partial charge in [-0.05, 0) is 49.9 Å². The molecule has 2 aliphatic carbocycles. The highest BCUT2D eigenvalue weighted by Gasteiger charge is 2.46. The Balaban J connectivity index is 1.75. The van der Waals surface area contributed by atoms with Crippen molar-refractivity contribution in [3.05, 3.63) is 0 Å². The highest BCUT2D eigenvalue weighted by atomic mass is 32.2. The van der Waals surface area contributed by atoms with E-state index in [1.54, 1.807) is 12.8 Å². The normalized spacial score (nSPS) is 52.5. The highest BCUT2D eigenvalue weighted by Crippen LogP contribution is 2.55. The number of fused-ring (bicyclic) bond motifs is 3. The summed E-state index contributed by atoms with van der Waals surface area (Å²) in [5.41, 5.74) is 0. The van der Waals surface area contributed by atoms with Gasteiger partial charge in [0.25, 0.3) is 0 Å². The van der Waals surface area contributed by atoms with Crippen molar-refractivity contribution in [2.75, 3.05) is 0 Å². The molecule has 1 heteroatoms. The molecule has 0 spiro atoms. The zero-order valence-corrected chi connectivity index (χ0v) is 10.1. The Hall–Kier alpha value is 0.350. The Labute approximate surface area is 92.2 Å². The van der Waals surface area contributed by atoms with Crippen LogP contribution in [-0.2, 0) is 0 Å². The summed E-state index contributed by atoms with van der Waals surface area (Å²) >= 11 is 2.38. The molecule has 1 aliphatic heterocycles. The van der Waals surface area contributed by atoms with Crippen LogP contribution in [0.2, 0.25) is 0 Å². The van der Waals surface area contributed by atoms with Gasteiger partial charge in [-0.15, -0.1) is 0 Å². The van der Waals surface area contributed by atoms with Crippen molar-refractivity contribution in [3.8, 4) is 0 Å². The predicted octanol–water partition coefficient (Wildman–Crippen LogP) is 4.10. The number of hydrogen-bond acceptors (Lipinski definition) is 1. The van der Waals surface area contributed by atoms with Crippen LogP contribution in [-0.4, -0.2) is 10.5 Å². The van der Waals surface area contributed by atoms with Crippen LogP contribution in [0.4, 0.5) is 0 Å². The molecular weight excluding hydrogens is 188 g/mol. The first-order valence-electron chi connectivity index (χ1n) is 6.50. The van der Waals surface area contributed by atoms with E-state index in [-0.39, 0.29) is 0 Å². The van der Waals surface area contributed by atoms with Gasteiger partial charge >= 0.3 is 0 Å². The molecule has 0 bridgehead atoms. The maximum absolute atomic E-state index is 2.47. The van der Waals surface area contributed by atoms with Crippen molar-refractivity contribution in [3.63, 3.8) is 0 Å². The minimum Gasteiger partial charge on any atom is -0.155 e. The maximum Gasteiger partial charge on any atom is 0.00814 e. The van der Waals surface area contributed by atoms with Gasteiger partial charge in [0, 0.05) is 10.5 Å². The average molecular weight is 210 g/mol. The van der Waals surface area contributed by atoms with Crippen LogP contribution >= 0.6 is 11.8 Å². The quantitative estimate of drug-likeness (QED) is 0.580. The van der Waals surface area contributed by atoms with Gasteiger partial charge in [0.1, 0.15) is 0 Å². The topological polar surface area (TPSA) is 0 Å². The SMILES string of the molecule is CC1CCC2SC3CCCCC3C2C1. The highest BCUT2D eigenvalue weighted by molar-refractivity contribution is 8.00. The largest absolute Gasteiger partial charge is 0.155 e. The summed E-state index contributed by atoms with van der Waals surface area (Å²) in [6, 6.07) is 0. The summed E-state index contributed by atoms with van der Waals surface area (Å²) in [5, 5.41) is 2.14. The van der Waals surface area contributed by atoms with Gasteiger partial charge in [0.15, 0.2) is 0 Å². The van der Waals surface area contributed by atoms with E-state index < -0.39 is 0 Å². The van der Waals surface area contributed by atoms with E-state index in [1.807, 2.05) is 0 Å². The summed E-state index contributed by atoms with van der Waals surface area (Å²) in [4.78, 5) is 0. The van der Waals surface area contributed by atoms with E-state index in [4.69, 9.17) is 0 Å². The van der Waals surface area contributed by atoms with E-state index in [9.17, 15) is 0 Å². The molecule has 5 atom stereocenters. The van der Waals surface area contributed by atoms with Crippen molar-refractivity contribution in [1.29, 1.82) is 0 Å². The van der Waals surface area contributed by atoms with Gasteiger partial charge in [-0.3, -0.25) is 0 Å². The Morgan fingerprint density at radius 3 is 2.57 bits per heavy atom. The van der Waals surface area contributed by atoms with Crippen LogP contribution in [0.5, 0.6) is 0 Å². The summed E-state index contributed by atoms with van der Waals surface area (Å²) in [5.74, 6) is 3.27. The van der Waals surface area contributed by atoms with Gasteiger partial charge in [0.05, 0.1) is 0 Å². The first-order valence-corrected chi connectivity index (χ1v) is 7.44. The van der Waals surface area contributed by atoms with Crippen LogP contribution in [0.1, 0.15) is 51.9 Å². The zero-order valence-electron chi connectivity index (χ0n) is 9.24. The van der Waals surface area contributed by atoms with Crippen molar-refractivity contribution in [2.24, 2.45) is 17.8 Å². The van der Waals surface area contributed by atoms with Gasteiger partial charge in [-0.2, -0.15) is 11.8 Å². The molecule has 0 aromatic heterocycles. The molecule has 3 fully saturated rings. The smallest absolute Gasteiger partial charge is 0.00814 e. The van der Waals surface area contributed by atoms with Gasteiger partial charge in [-0.25, -0.2) is 0 Å². The lowest BCUT2D eigenvalue weighted by atomic mass is 9.71. The van der Waals surface area contributed by atoms with Crippen LogP contribution in [0.25, 0.3) is 0 Å². The zero-order chi connectivity index (χ0) is 9.54. The average Bonchev–Trinajstić information content (AvgIpc) is 2.56. The third kappa shape index (κ3) is 1.52. The van der Waals surface area contributed by atoms with Crippen LogP contribution in [0, 0.1) is 17.8 Å². The molecule has 0 N–H and O–H groups in total. The minimum absolute atomic E-state index is 1.03. The fourth-order valence-corrected chi connectivity index (χ4v) is 6.10. The van der Waals surface area contributed by atoms with Gasteiger partial charge in [0.2, 0.25) is 0 Å². The second kappa shape index (κ2) is 3.73. The van der Waals surface area contributed by atoms with E-state index in [0.717, 1.165) is 28.3 Å². The molecule has 0 amide bonds. The third-order valence-electron chi connectivity index (χ3n) is 4.75. The number of hydrogen-bond donors (Lipinski definition) is 0. The van der Waals surface area contributed by atoms with Gasteiger partial charge in [-0.1, -0.05) is 19.8 Å². The Kier molecular flexibility index (Phi) is 2.55. The van der Waals surface area contributed by atoms with E-state index in [1.165, 1.54) is 32.1 Å². The molecule has 0 radical (unpaired) electrons. The molecule has 3 aliphatic rings. The summed E-state index contributed by atoms with van der Waals surface area (Å²) in [6.07, 6.45) is 10.7. The molecular formula is C13H22S. The summed E-state index contributed by atoms with van der Waals surface area (Å²) in [6.45, 7) is 2.47.